The number of nitrogens with zero attached hydrogens (tertiary/aromatic N) is 5. The van der Waals surface area contributed by atoms with Crippen LogP contribution in [0.5, 0.6) is 0 Å². The van der Waals surface area contributed by atoms with E-state index in [4.69, 9.17) is 9.40 Å². The standard InChI is InChI=1S/C27H23N5O2S/c33-26(10-13-35)31-16-22-23(17-31)32(21-8-11-28-12-9-21)27(30-22)20-3-1-2-18(14-20)4-7-25-29-15-24(34-25)19-5-6-19/h1-4,7-9,11-12,14-17,19,35H,5-6,10,13H2/b7-4+. The first-order valence-corrected chi connectivity index (χ1v) is 12.2. The molecular weight excluding hydrogens is 458 g/mol. The van der Waals surface area contributed by atoms with Gasteiger partial charge in [-0.3, -0.25) is 18.9 Å². The van der Waals surface area contributed by atoms with Gasteiger partial charge in [-0.1, -0.05) is 18.2 Å². The van der Waals surface area contributed by atoms with Gasteiger partial charge in [0.05, 0.1) is 17.4 Å². The highest BCUT2D eigenvalue weighted by Crippen LogP contribution is 2.40. The average Bonchev–Trinajstić information content (AvgIpc) is 3.32. The molecule has 0 radical (unpaired) electrons. The molecule has 0 N–H and O–H groups in total. The van der Waals surface area contributed by atoms with E-state index >= 15 is 0 Å². The molecule has 1 saturated carbocycles. The Bertz CT molecular complexity index is 1540. The second kappa shape index (κ2) is 9.03. The summed E-state index contributed by atoms with van der Waals surface area (Å²) in [5, 5.41) is 0. The summed E-state index contributed by atoms with van der Waals surface area (Å²) >= 11 is 4.19. The van der Waals surface area contributed by atoms with E-state index in [9.17, 15) is 4.79 Å². The van der Waals surface area contributed by atoms with E-state index < -0.39 is 0 Å². The van der Waals surface area contributed by atoms with E-state index in [-0.39, 0.29) is 5.91 Å². The lowest BCUT2D eigenvalue weighted by Gasteiger charge is -2.10. The van der Waals surface area contributed by atoms with Crippen molar-refractivity contribution in [3.63, 3.8) is 0 Å². The molecule has 4 aromatic heterocycles. The number of fused-ring (bicyclic) bond motifs is 1. The summed E-state index contributed by atoms with van der Waals surface area (Å²) in [6.07, 6.45) is 15.6. The van der Waals surface area contributed by atoms with Crippen molar-refractivity contribution in [2.45, 2.75) is 25.2 Å². The van der Waals surface area contributed by atoms with E-state index in [0.29, 0.717) is 24.0 Å². The molecule has 1 fully saturated rings. The molecule has 5 aromatic rings. The highest BCUT2D eigenvalue weighted by atomic mass is 32.1. The largest absolute Gasteiger partial charge is 0.442 e. The van der Waals surface area contributed by atoms with E-state index in [1.165, 1.54) is 12.8 Å². The van der Waals surface area contributed by atoms with Crippen molar-refractivity contribution in [1.29, 1.82) is 0 Å². The minimum absolute atomic E-state index is 0.00987. The van der Waals surface area contributed by atoms with Crippen LogP contribution >= 0.6 is 12.6 Å². The molecule has 0 saturated heterocycles. The number of aromatic nitrogens is 5. The lowest BCUT2D eigenvalue weighted by atomic mass is 10.1. The maximum Gasteiger partial charge on any atom is 0.231 e. The van der Waals surface area contributed by atoms with Gasteiger partial charge in [-0.25, -0.2) is 9.97 Å². The highest BCUT2D eigenvalue weighted by molar-refractivity contribution is 7.80. The molecule has 4 heterocycles. The van der Waals surface area contributed by atoms with Crippen molar-refractivity contribution in [3.05, 3.63) is 84.6 Å². The molecule has 8 heteroatoms. The van der Waals surface area contributed by atoms with Gasteiger partial charge in [-0.05, 0) is 48.4 Å². The lowest BCUT2D eigenvalue weighted by molar-refractivity contribution is 0.0911. The van der Waals surface area contributed by atoms with Crippen molar-refractivity contribution >= 4 is 41.7 Å². The van der Waals surface area contributed by atoms with Crippen molar-refractivity contribution < 1.29 is 9.21 Å². The summed E-state index contributed by atoms with van der Waals surface area (Å²) in [6.45, 7) is 0. The van der Waals surface area contributed by atoms with Gasteiger partial charge in [-0.2, -0.15) is 12.6 Å². The molecule has 174 valence electrons. The smallest absolute Gasteiger partial charge is 0.231 e. The summed E-state index contributed by atoms with van der Waals surface area (Å²) in [5.41, 5.74) is 4.49. The number of hydrogen-bond acceptors (Lipinski definition) is 6. The summed E-state index contributed by atoms with van der Waals surface area (Å²) in [5.74, 6) is 3.41. The number of benzene rings is 1. The Morgan fingerprint density at radius 3 is 2.80 bits per heavy atom. The summed E-state index contributed by atoms with van der Waals surface area (Å²) in [7, 11) is 0. The predicted octanol–water partition coefficient (Wildman–Crippen LogP) is 5.88. The molecule has 7 nitrogen and oxygen atoms in total. The zero-order chi connectivity index (χ0) is 23.8. The summed E-state index contributed by atoms with van der Waals surface area (Å²) in [6, 6.07) is 12.0. The second-order valence-electron chi connectivity index (χ2n) is 8.61. The minimum Gasteiger partial charge on any atom is -0.442 e. The van der Waals surface area contributed by atoms with Crippen LogP contribution in [-0.2, 0) is 0 Å². The molecule has 0 aliphatic heterocycles. The Kier molecular flexibility index (Phi) is 5.58. The molecular formula is C27H23N5O2S. The molecule has 1 aromatic carbocycles. The van der Waals surface area contributed by atoms with E-state index in [1.54, 1.807) is 23.2 Å². The Hall–Kier alpha value is -3.91. The fourth-order valence-corrected chi connectivity index (χ4v) is 4.36. The molecule has 0 atom stereocenters. The minimum atomic E-state index is -0.00987. The summed E-state index contributed by atoms with van der Waals surface area (Å²) < 4.78 is 9.50. The molecule has 0 bridgehead atoms. The number of rotatable bonds is 7. The van der Waals surface area contributed by atoms with Gasteiger partial charge in [-0.15, -0.1) is 0 Å². The first kappa shape index (κ1) is 21.6. The van der Waals surface area contributed by atoms with Crippen LogP contribution in [0.25, 0.3) is 40.3 Å². The number of oxazole rings is 1. The quantitative estimate of drug-likeness (QED) is 0.294. The molecule has 0 unspecified atom stereocenters. The predicted molar refractivity (Wildman–Crippen MR) is 139 cm³/mol. The number of pyridine rings is 1. The van der Waals surface area contributed by atoms with Crippen molar-refractivity contribution in [3.8, 4) is 17.1 Å². The lowest BCUT2D eigenvalue weighted by Crippen LogP contribution is -2.08. The molecule has 0 amide bonds. The maximum absolute atomic E-state index is 12.4. The van der Waals surface area contributed by atoms with Crippen molar-refractivity contribution in [1.82, 2.24) is 24.1 Å². The summed E-state index contributed by atoms with van der Waals surface area (Å²) in [4.78, 5) is 25.9. The van der Waals surface area contributed by atoms with Crippen LogP contribution in [0.15, 0.2) is 71.8 Å². The fourth-order valence-electron chi connectivity index (χ4n) is 4.17. The van der Waals surface area contributed by atoms with Gasteiger partial charge in [0.25, 0.3) is 0 Å². The first-order valence-electron chi connectivity index (χ1n) is 11.6. The molecule has 35 heavy (non-hydrogen) atoms. The zero-order valence-corrected chi connectivity index (χ0v) is 19.8. The number of hydrogen-bond donors (Lipinski definition) is 1. The van der Waals surface area contributed by atoms with Crippen LogP contribution in [0.3, 0.4) is 0 Å². The van der Waals surface area contributed by atoms with Gasteiger partial charge in [0.1, 0.15) is 17.1 Å². The number of imidazole rings is 1. The number of thiol groups is 1. The van der Waals surface area contributed by atoms with E-state index in [1.807, 2.05) is 54.9 Å². The Labute approximate surface area is 207 Å². The van der Waals surface area contributed by atoms with E-state index in [2.05, 4.69) is 33.2 Å². The normalized spacial score (nSPS) is 13.7. The van der Waals surface area contributed by atoms with Crippen LogP contribution in [0.2, 0.25) is 0 Å². The van der Waals surface area contributed by atoms with Crippen LogP contribution in [0.4, 0.5) is 0 Å². The number of carbonyl (C=O) groups is 1. The molecule has 1 aliphatic carbocycles. The van der Waals surface area contributed by atoms with Gasteiger partial charge in [0, 0.05) is 48.8 Å². The number of carbonyl (C=O) groups excluding carboxylic acids is 1. The Morgan fingerprint density at radius 1 is 1.14 bits per heavy atom. The van der Waals surface area contributed by atoms with Crippen LogP contribution < -0.4 is 0 Å². The topological polar surface area (TPSA) is 78.7 Å². The van der Waals surface area contributed by atoms with Gasteiger partial charge in [0.2, 0.25) is 11.8 Å². The third-order valence-electron chi connectivity index (χ3n) is 6.08. The highest BCUT2D eigenvalue weighted by Gasteiger charge is 2.27. The van der Waals surface area contributed by atoms with Crippen molar-refractivity contribution in [2.24, 2.45) is 0 Å². The molecule has 0 spiro atoms. The third-order valence-corrected chi connectivity index (χ3v) is 6.31. The first-order chi connectivity index (χ1) is 17.2. The van der Waals surface area contributed by atoms with Gasteiger partial charge < -0.3 is 4.42 Å². The molecule has 1 aliphatic rings. The van der Waals surface area contributed by atoms with Crippen LogP contribution in [0, 0.1) is 0 Å². The van der Waals surface area contributed by atoms with Crippen molar-refractivity contribution in [2.75, 3.05) is 5.75 Å². The zero-order valence-electron chi connectivity index (χ0n) is 18.9. The Morgan fingerprint density at radius 2 is 2.00 bits per heavy atom. The molecule has 6 rings (SSSR count). The van der Waals surface area contributed by atoms with Gasteiger partial charge in [0.15, 0.2) is 0 Å². The fraction of sp³-hybridized carbons (Fsp3) is 0.185. The second-order valence-corrected chi connectivity index (χ2v) is 9.06. The van der Waals surface area contributed by atoms with Gasteiger partial charge >= 0.3 is 0 Å². The average molecular weight is 482 g/mol. The monoisotopic (exact) mass is 481 g/mol. The van der Waals surface area contributed by atoms with E-state index in [0.717, 1.165) is 39.4 Å². The maximum atomic E-state index is 12.4. The van der Waals surface area contributed by atoms with Crippen LogP contribution in [0.1, 0.15) is 47.2 Å². The SMILES string of the molecule is O=C(CCS)n1cc2nc(-c3cccc(/C=C/c4ncc(C5CC5)o4)c3)n(-c3ccncc3)c2c1. The van der Waals surface area contributed by atoms with Crippen LogP contribution in [-0.4, -0.2) is 35.7 Å². The third kappa shape index (κ3) is 4.33. The Balaban J connectivity index is 1.39.